The SMILES string of the molecule is CC1(C)[C@@H](CBr)CC[C@@]1(C)C(=O)[O-]. The van der Waals surface area contributed by atoms with Crippen LogP contribution >= 0.6 is 15.9 Å². The van der Waals surface area contributed by atoms with Gasteiger partial charge in [0, 0.05) is 16.7 Å². The Bertz CT molecular complexity index is 225. The topological polar surface area (TPSA) is 40.1 Å². The van der Waals surface area contributed by atoms with Crippen LogP contribution in [0.15, 0.2) is 0 Å². The maximum atomic E-state index is 11.1. The minimum atomic E-state index is -0.902. The molecule has 1 saturated carbocycles. The van der Waals surface area contributed by atoms with E-state index in [1.807, 2.05) is 20.8 Å². The number of hydrogen-bond acceptors (Lipinski definition) is 2. The molecule has 0 saturated heterocycles. The number of aliphatic carboxylic acids is 1. The van der Waals surface area contributed by atoms with E-state index in [0.29, 0.717) is 5.92 Å². The van der Waals surface area contributed by atoms with Gasteiger partial charge in [-0.3, -0.25) is 0 Å². The summed E-state index contributed by atoms with van der Waals surface area (Å²) in [7, 11) is 0. The molecule has 0 aromatic heterocycles. The maximum Gasteiger partial charge on any atom is 0.0478 e. The first-order valence-electron chi connectivity index (χ1n) is 4.63. The van der Waals surface area contributed by atoms with E-state index in [1.165, 1.54) is 0 Å². The molecular formula is C10H16BrO2-. The highest BCUT2D eigenvalue weighted by molar-refractivity contribution is 9.09. The number of alkyl halides is 1. The second kappa shape index (κ2) is 3.26. The van der Waals surface area contributed by atoms with Crippen molar-refractivity contribution in [2.75, 3.05) is 5.33 Å². The van der Waals surface area contributed by atoms with Crippen molar-refractivity contribution in [3.8, 4) is 0 Å². The van der Waals surface area contributed by atoms with Gasteiger partial charge in [0.05, 0.1) is 0 Å². The number of carboxylic acids is 1. The van der Waals surface area contributed by atoms with E-state index in [4.69, 9.17) is 0 Å². The molecule has 0 aromatic rings. The second-order valence-electron chi connectivity index (χ2n) is 4.73. The van der Waals surface area contributed by atoms with Gasteiger partial charge in [-0.25, -0.2) is 0 Å². The monoisotopic (exact) mass is 247 g/mol. The summed E-state index contributed by atoms with van der Waals surface area (Å²) in [5, 5.41) is 12.0. The van der Waals surface area contributed by atoms with Crippen LogP contribution in [-0.2, 0) is 4.79 Å². The van der Waals surface area contributed by atoms with Gasteiger partial charge in [0.15, 0.2) is 0 Å². The Hall–Kier alpha value is -0.0500. The van der Waals surface area contributed by atoms with E-state index in [1.54, 1.807) is 0 Å². The second-order valence-corrected chi connectivity index (χ2v) is 5.38. The number of rotatable bonds is 2. The zero-order valence-corrected chi connectivity index (χ0v) is 9.98. The number of hydrogen-bond donors (Lipinski definition) is 0. The lowest BCUT2D eigenvalue weighted by molar-refractivity contribution is -0.323. The Morgan fingerprint density at radius 3 is 2.31 bits per heavy atom. The molecule has 0 bridgehead atoms. The molecule has 1 aliphatic rings. The van der Waals surface area contributed by atoms with Crippen molar-refractivity contribution >= 4 is 21.9 Å². The zero-order valence-electron chi connectivity index (χ0n) is 8.39. The molecule has 76 valence electrons. The number of carbonyl (C=O) groups excluding carboxylic acids is 1. The molecule has 3 heteroatoms. The van der Waals surface area contributed by atoms with Crippen molar-refractivity contribution < 1.29 is 9.90 Å². The molecule has 0 unspecified atom stereocenters. The fourth-order valence-corrected chi connectivity index (χ4v) is 3.36. The highest BCUT2D eigenvalue weighted by Crippen LogP contribution is 2.55. The Morgan fingerprint density at radius 1 is 1.54 bits per heavy atom. The van der Waals surface area contributed by atoms with Crippen LogP contribution in [0.2, 0.25) is 0 Å². The summed E-state index contributed by atoms with van der Waals surface area (Å²) in [4.78, 5) is 11.1. The van der Waals surface area contributed by atoms with Crippen molar-refractivity contribution in [1.82, 2.24) is 0 Å². The van der Waals surface area contributed by atoms with Crippen molar-refractivity contribution in [3.05, 3.63) is 0 Å². The molecule has 1 fully saturated rings. The van der Waals surface area contributed by atoms with Crippen LogP contribution in [0.4, 0.5) is 0 Å². The van der Waals surface area contributed by atoms with E-state index >= 15 is 0 Å². The first kappa shape index (κ1) is 11.0. The van der Waals surface area contributed by atoms with Crippen LogP contribution in [0.1, 0.15) is 33.6 Å². The predicted molar refractivity (Wildman–Crippen MR) is 53.4 cm³/mol. The quantitative estimate of drug-likeness (QED) is 0.696. The standard InChI is InChI=1S/C10H17BrO2/c1-9(2)7(6-11)4-5-10(9,3)8(12)13/h7H,4-6H2,1-3H3,(H,12,13)/p-1/t7-,10+/m1/s1. The molecule has 0 radical (unpaired) electrons. The van der Waals surface area contributed by atoms with Gasteiger partial charge in [0.25, 0.3) is 0 Å². The highest BCUT2D eigenvalue weighted by Gasteiger charge is 2.51. The maximum absolute atomic E-state index is 11.1. The van der Waals surface area contributed by atoms with E-state index in [0.717, 1.165) is 18.2 Å². The number of carbonyl (C=O) groups is 1. The third kappa shape index (κ3) is 1.41. The first-order valence-corrected chi connectivity index (χ1v) is 5.76. The van der Waals surface area contributed by atoms with Gasteiger partial charge in [0.2, 0.25) is 0 Å². The van der Waals surface area contributed by atoms with Crippen molar-refractivity contribution in [3.63, 3.8) is 0 Å². The fraction of sp³-hybridized carbons (Fsp3) is 0.900. The van der Waals surface area contributed by atoms with Gasteiger partial charge >= 0.3 is 0 Å². The number of halogens is 1. The Kier molecular flexibility index (Phi) is 2.77. The third-order valence-corrected chi connectivity index (χ3v) is 4.85. The van der Waals surface area contributed by atoms with E-state index in [-0.39, 0.29) is 5.41 Å². The zero-order chi connectivity index (χ0) is 10.3. The smallest absolute Gasteiger partial charge is 0.0478 e. The van der Waals surface area contributed by atoms with Crippen molar-refractivity contribution in [2.45, 2.75) is 33.6 Å². The molecule has 13 heavy (non-hydrogen) atoms. The van der Waals surface area contributed by atoms with Crippen molar-refractivity contribution in [1.29, 1.82) is 0 Å². The van der Waals surface area contributed by atoms with Gasteiger partial charge in [-0.05, 0) is 24.2 Å². The summed E-state index contributed by atoms with van der Waals surface area (Å²) in [6.07, 6.45) is 1.71. The lowest BCUT2D eigenvalue weighted by atomic mass is 9.66. The molecule has 0 aliphatic heterocycles. The highest BCUT2D eigenvalue weighted by atomic mass is 79.9. The van der Waals surface area contributed by atoms with Gasteiger partial charge in [-0.1, -0.05) is 36.7 Å². The summed E-state index contributed by atoms with van der Waals surface area (Å²) in [6, 6.07) is 0. The summed E-state index contributed by atoms with van der Waals surface area (Å²) in [5.74, 6) is -0.462. The van der Waals surface area contributed by atoms with Crippen LogP contribution in [-0.4, -0.2) is 11.3 Å². The molecule has 0 N–H and O–H groups in total. The van der Waals surface area contributed by atoms with E-state index in [9.17, 15) is 9.90 Å². The Labute approximate surface area is 87.8 Å². The molecule has 0 spiro atoms. The average molecular weight is 248 g/mol. The number of carboxylic acid groups (broad SMARTS) is 1. The van der Waals surface area contributed by atoms with Crippen LogP contribution in [0.5, 0.6) is 0 Å². The molecule has 2 atom stereocenters. The lowest BCUT2D eigenvalue weighted by Gasteiger charge is -2.42. The third-order valence-electron chi connectivity index (χ3n) is 4.07. The van der Waals surface area contributed by atoms with Gasteiger partial charge in [0.1, 0.15) is 0 Å². The molecule has 1 rings (SSSR count). The molecule has 2 nitrogen and oxygen atoms in total. The molecule has 0 amide bonds. The first-order chi connectivity index (χ1) is 5.86. The minimum absolute atomic E-state index is 0.171. The molecule has 0 heterocycles. The summed E-state index contributed by atoms with van der Waals surface area (Å²) in [6.45, 7) is 5.87. The average Bonchev–Trinajstić information content (AvgIpc) is 2.25. The summed E-state index contributed by atoms with van der Waals surface area (Å²) in [5.41, 5.74) is -0.833. The minimum Gasteiger partial charge on any atom is -0.550 e. The Morgan fingerprint density at radius 2 is 2.08 bits per heavy atom. The van der Waals surface area contributed by atoms with Crippen LogP contribution < -0.4 is 5.11 Å². The Balaban J connectivity index is 2.99. The summed E-state index contributed by atoms with van der Waals surface area (Å²) < 4.78 is 0. The van der Waals surface area contributed by atoms with E-state index in [2.05, 4.69) is 15.9 Å². The van der Waals surface area contributed by atoms with E-state index < -0.39 is 11.4 Å². The van der Waals surface area contributed by atoms with Crippen molar-refractivity contribution in [2.24, 2.45) is 16.7 Å². The van der Waals surface area contributed by atoms with Gasteiger partial charge in [-0.2, -0.15) is 0 Å². The molecule has 0 aromatic carbocycles. The van der Waals surface area contributed by atoms with Crippen LogP contribution in [0.25, 0.3) is 0 Å². The van der Waals surface area contributed by atoms with Gasteiger partial charge in [-0.15, -0.1) is 0 Å². The summed E-state index contributed by atoms with van der Waals surface area (Å²) >= 11 is 3.44. The van der Waals surface area contributed by atoms with Gasteiger partial charge < -0.3 is 9.90 Å². The fourth-order valence-electron chi connectivity index (χ4n) is 2.23. The van der Waals surface area contributed by atoms with Crippen LogP contribution in [0, 0.1) is 16.7 Å². The normalized spacial score (nSPS) is 37.7. The lowest BCUT2D eigenvalue weighted by Crippen LogP contribution is -2.48. The predicted octanol–water partition coefficient (Wildman–Crippen LogP) is 1.57. The van der Waals surface area contributed by atoms with Crippen LogP contribution in [0.3, 0.4) is 0 Å². The molecular weight excluding hydrogens is 232 g/mol. The molecule has 1 aliphatic carbocycles. The largest absolute Gasteiger partial charge is 0.550 e.